The maximum absolute atomic E-state index is 13.7. The zero-order chi connectivity index (χ0) is 25.3. The number of nitrogens with one attached hydrogen (secondary N) is 1. The molecule has 1 aliphatic heterocycles. The molecule has 1 N–H and O–H groups in total. The molecule has 0 saturated heterocycles. The first-order chi connectivity index (χ1) is 17.5. The highest BCUT2D eigenvalue weighted by Gasteiger charge is 2.30. The molecule has 0 radical (unpaired) electrons. The van der Waals surface area contributed by atoms with E-state index in [2.05, 4.69) is 5.32 Å². The van der Waals surface area contributed by atoms with E-state index >= 15 is 0 Å². The van der Waals surface area contributed by atoms with Gasteiger partial charge >= 0.3 is 0 Å². The van der Waals surface area contributed by atoms with Gasteiger partial charge in [-0.1, -0.05) is 67.1 Å². The van der Waals surface area contributed by atoms with Crippen molar-refractivity contribution in [2.24, 2.45) is 0 Å². The number of carbonyl (C=O) groups excluding carboxylic acids is 2. The molecular weight excluding hydrogens is 476 g/mol. The minimum absolute atomic E-state index is 0.0970. The van der Waals surface area contributed by atoms with Crippen molar-refractivity contribution in [3.63, 3.8) is 0 Å². The number of nitrogens with zero attached hydrogens (tertiary/aromatic N) is 1. The standard InChI is InChI=1S/C29H31ClN2O4/c1-2-15-31-29(34)25(17-21-7-4-3-5-8-21)32(19-23-9-6-10-24(30)16-23)28(33)14-12-22-11-13-26-27(18-22)36-20-35-26/h3-11,13,16,18,25H,2,12,14-15,17,19-20H2,1H3,(H,31,34)/t25-/m0/s1. The lowest BCUT2D eigenvalue weighted by atomic mass is 10.0. The minimum Gasteiger partial charge on any atom is -0.454 e. The number of fused-ring (bicyclic) bond motifs is 1. The van der Waals surface area contributed by atoms with Gasteiger partial charge in [0, 0.05) is 31.0 Å². The van der Waals surface area contributed by atoms with E-state index in [1.54, 1.807) is 11.0 Å². The fourth-order valence-electron chi connectivity index (χ4n) is 4.24. The summed E-state index contributed by atoms with van der Waals surface area (Å²) in [6, 6.07) is 22.3. The number of amides is 2. The van der Waals surface area contributed by atoms with Crippen molar-refractivity contribution < 1.29 is 19.1 Å². The van der Waals surface area contributed by atoms with Crippen LogP contribution < -0.4 is 14.8 Å². The molecule has 6 nitrogen and oxygen atoms in total. The van der Waals surface area contributed by atoms with Crippen LogP contribution >= 0.6 is 11.6 Å². The average Bonchev–Trinajstić information content (AvgIpc) is 3.36. The summed E-state index contributed by atoms with van der Waals surface area (Å²) in [5.74, 6) is 1.15. The summed E-state index contributed by atoms with van der Waals surface area (Å²) < 4.78 is 10.9. The Hall–Kier alpha value is -3.51. The van der Waals surface area contributed by atoms with Crippen molar-refractivity contribution in [1.29, 1.82) is 0 Å². The Morgan fingerprint density at radius 3 is 2.50 bits per heavy atom. The zero-order valence-electron chi connectivity index (χ0n) is 20.4. The van der Waals surface area contributed by atoms with Crippen LogP contribution in [-0.2, 0) is 29.0 Å². The third kappa shape index (κ3) is 6.79. The molecule has 3 aromatic rings. The highest BCUT2D eigenvalue weighted by atomic mass is 35.5. The first kappa shape index (κ1) is 25.6. The van der Waals surface area contributed by atoms with Crippen molar-refractivity contribution >= 4 is 23.4 Å². The lowest BCUT2D eigenvalue weighted by molar-refractivity contribution is -0.141. The van der Waals surface area contributed by atoms with Crippen LogP contribution in [0.15, 0.2) is 72.8 Å². The minimum atomic E-state index is -0.651. The number of benzene rings is 3. The predicted molar refractivity (Wildman–Crippen MR) is 140 cm³/mol. The quantitative estimate of drug-likeness (QED) is 0.389. The number of aryl methyl sites for hydroxylation is 1. The summed E-state index contributed by atoms with van der Waals surface area (Å²) in [6.45, 7) is 3.06. The van der Waals surface area contributed by atoms with Gasteiger partial charge in [0.15, 0.2) is 11.5 Å². The van der Waals surface area contributed by atoms with Gasteiger partial charge in [-0.15, -0.1) is 0 Å². The molecule has 0 bridgehead atoms. The molecule has 2 amide bonds. The summed E-state index contributed by atoms with van der Waals surface area (Å²) in [4.78, 5) is 28.7. The molecular formula is C29H31ClN2O4. The number of carbonyl (C=O) groups is 2. The number of hydrogen-bond acceptors (Lipinski definition) is 4. The normalized spacial score (nSPS) is 12.7. The topological polar surface area (TPSA) is 67.9 Å². The lowest BCUT2D eigenvalue weighted by Crippen LogP contribution is -2.50. The largest absolute Gasteiger partial charge is 0.454 e. The van der Waals surface area contributed by atoms with Crippen molar-refractivity contribution in [2.45, 2.75) is 45.2 Å². The van der Waals surface area contributed by atoms with Crippen LogP contribution in [0.1, 0.15) is 36.5 Å². The van der Waals surface area contributed by atoms with Crippen LogP contribution in [0.4, 0.5) is 0 Å². The van der Waals surface area contributed by atoms with E-state index in [0.717, 1.165) is 23.1 Å². The van der Waals surface area contributed by atoms with Crippen LogP contribution in [0.2, 0.25) is 5.02 Å². The van der Waals surface area contributed by atoms with E-state index in [-0.39, 0.29) is 31.6 Å². The van der Waals surface area contributed by atoms with Gasteiger partial charge in [-0.3, -0.25) is 9.59 Å². The second-order valence-corrected chi connectivity index (χ2v) is 9.27. The summed E-state index contributed by atoms with van der Waals surface area (Å²) >= 11 is 6.23. The number of hydrogen-bond donors (Lipinski definition) is 1. The van der Waals surface area contributed by atoms with Gasteiger partial charge in [-0.05, 0) is 53.8 Å². The second-order valence-electron chi connectivity index (χ2n) is 8.84. The Kier molecular flexibility index (Phi) is 8.85. The van der Waals surface area contributed by atoms with Crippen molar-refractivity contribution in [3.05, 3.63) is 94.5 Å². The molecule has 7 heteroatoms. The molecule has 0 fully saturated rings. The molecule has 0 saturated carbocycles. The van der Waals surface area contributed by atoms with Gasteiger partial charge in [-0.2, -0.15) is 0 Å². The van der Waals surface area contributed by atoms with E-state index in [1.165, 1.54) is 0 Å². The van der Waals surface area contributed by atoms with Crippen LogP contribution in [-0.4, -0.2) is 36.1 Å². The lowest BCUT2D eigenvalue weighted by Gasteiger charge is -2.31. The zero-order valence-corrected chi connectivity index (χ0v) is 21.2. The molecule has 0 spiro atoms. The van der Waals surface area contributed by atoms with Gasteiger partial charge in [0.25, 0.3) is 0 Å². The van der Waals surface area contributed by atoms with Crippen LogP contribution in [0.3, 0.4) is 0 Å². The third-order valence-corrected chi connectivity index (χ3v) is 6.36. The first-order valence-electron chi connectivity index (χ1n) is 12.3. The number of ether oxygens (including phenoxy) is 2. The predicted octanol–water partition coefficient (Wildman–Crippen LogP) is 5.17. The summed E-state index contributed by atoms with van der Waals surface area (Å²) in [6.07, 6.45) is 2.02. The van der Waals surface area contributed by atoms with Crippen molar-refractivity contribution in [3.8, 4) is 11.5 Å². The molecule has 4 rings (SSSR count). The monoisotopic (exact) mass is 506 g/mol. The molecule has 1 atom stereocenters. The smallest absolute Gasteiger partial charge is 0.243 e. The van der Waals surface area contributed by atoms with E-state index in [1.807, 2.05) is 73.7 Å². The van der Waals surface area contributed by atoms with E-state index in [0.29, 0.717) is 35.9 Å². The Balaban J connectivity index is 1.58. The molecule has 3 aromatic carbocycles. The highest BCUT2D eigenvalue weighted by molar-refractivity contribution is 6.30. The molecule has 1 aliphatic rings. The average molecular weight is 507 g/mol. The van der Waals surface area contributed by atoms with Gasteiger partial charge in [0.2, 0.25) is 18.6 Å². The van der Waals surface area contributed by atoms with Crippen LogP contribution in [0.5, 0.6) is 11.5 Å². The molecule has 0 aliphatic carbocycles. The highest BCUT2D eigenvalue weighted by Crippen LogP contribution is 2.33. The SMILES string of the molecule is CCCNC(=O)[C@H](Cc1ccccc1)N(Cc1cccc(Cl)c1)C(=O)CCc1ccc2c(c1)OCO2. The van der Waals surface area contributed by atoms with Crippen LogP contribution in [0, 0.1) is 0 Å². The maximum Gasteiger partial charge on any atom is 0.243 e. The van der Waals surface area contributed by atoms with Gasteiger partial charge in [-0.25, -0.2) is 0 Å². The Bertz CT molecular complexity index is 1180. The Morgan fingerprint density at radius 1 is 0.944 bits per heavy atom. The van der Waals surface area contributed by atoms with Crippen LogP contribution in [0.25, 0.3) is 0 Å². The summed E-state index contributed by atoms with van der Waals surface area (Å²) in [5, 5.41) is 3.59. The summed E-state index contributed by atoms with van der Waals surface area (Å²) in [7, 11) is 0. The number of halogens is 1. The Labute approximate surface area is 217 Å². The van der Waals surface area contributed by atoms with E-state index in [4.69, 9.17) is 21.1 Å². The second kappa shape index (κ2) is 12.5. The maximum atomic E-state index is 13.7. The fraction of sp³-hybridized carbons (Fsp3) is 0.310. The molecule has 0 aromatic heterocycles. The molecule has 0 unspecified atom stereocenters. The van der Waals surface area contributed by atoms with E-state index < -0.39 is 6.04 Å². The van der Waals surface area contributed by atoms with Crippen molar-refractivity contribution in [2.75, 3.05) is 13.3 Å². The van der Waals surface area contributed by atoms with Gasteiger partial charge in [0.1, 0.15) is 6.04 Å². The first-order valence-corrected chi connectivity index (χ1v) is 12.7. The summed E-state index contributed by atoms with van der Waals surface area (Å²) in [5.41, 5.74) is 2.85. The third-order valence-electron chi connectivity index (χ3n) is 6.13. The number of rotatable bonds is 11. The van der Waals surface area contributed by atoms with E-state index in [9.17, 15) is 9.59 Å². The van der Waals surface area contributed by atoms with Crippen molar-refractivity contribution in [1.82, 2.24) is 10.2 Å². The van der Waals surface area contributed by atoms with Gasteiger partial charge in [0.05, 0.1) is 0 Å². The molecule has 188 valence electrons. The molecule has 1 heterocycles. The Morgan fingerprint density at radius 2 is 1.72 bits per heavy atom. The van der Waals surface area contributed by atoms with Gasteiger partial charge < -0.3 is 19.7 Å². The molecule has 36 heavy (non-hydrogen) atoms. The fourth-order valence-corrected chi connectivity index (χ4v) is 4.46.